The Morgan fingerprint density at radius 1 is 1.31 bits per heavy atom. The van der Waals surface area contributed by atoms with E-state index < -0.39 is 0 Å². The third kappa shape index (κ3) is 4.40. The first-order valence-electron chi connectivity index (χ1n) is 11.2. The van der Waals surface area contributed by atoms with Crippen molar-refractivity contribution in [2.75, 3.05) is 51.3 Å². The van der Waals surface area contributed by atoms with E-state index in [4.69, 9.17) is 14.5 Å². The van der Waals surface area contributed by atoms with Gasteiger partial charge in [0, 0.05) is 32.6 Å². The second-order valence-electron chi connectivity index (χ2n) is 7.88. The Hall–Kier alpha value is -3.15. The largest absolute Gasteiger partial charge is 0.466 e. The SMILES string of the molecule is CCOC(=O)CCc1c(C)c(C#N)c2nc3ccccc3n2c1NCCN1CCOCC1. The molecule has 8 heteroatoms. The Morgan fingerprint density at radius 3 is 2.84 bits per heavy atom. The van der Waals surface area contributed by atoms with Gasteiger partial charge in [0.1, 0.15) is 11.9 Å². The number of para-hydroxylation sites is 2. The number of benzene rings is 1. The van der Waals surface area contributed by atoms with Crippen molar-refractivity contribution in [2.24, 2.45) is 0 Å². The molecule has 1 aliphatic rings. The van der Waals surface area contributed by atoms with Gasteiger partial charge in [-0.3, -0.25) is 14.1 Å². The molecule has 0 aliphatic carbocycles. The number of fused-ring (bicyclic) bond motifs is 3. The third-order valence-electron chi connectivity index (χ3n) is 5.94. The number of anilines is 1. The Balaban J connectivity index is 1.76. The highest BCUT2D eigenvalue weighted by atomic mass is 16.5. The van der Waals surface area contributed by atoms with Gasteiger partial charge in [-0.2, -0.15) is 5.26 Å². The van der Waals surface area contributed by atoms with Crippen LogP contribution in [0.2, 0.25) is 0 Å². The summed E-state index contributed by atoms with van der Waals surface area (Å²) in [6.45, 7) is 9.09. The van der Waals surface area contributed by atoms with Crippen molar-refractivity contribution in [3.05, 3.63) is 41.0 Å². The van der Waals surface area contributed by atoms with Crippen LogP contribution in [-0.2, 0) is 20.7 Å². The molecular formula is C24H29N5O3. The van der Waals surface area contributed by atoms with Crippen LogP contribution in [0.3, 0.4) is 0 Å². The Bertz CT molecular complexity index is 1160. The van der Waals surface area contributed by atoms with E-state index in [1.165, 1.54) is 0 Å². The topological polar surface area (TPSA) is 91.9 Å². The van der Waals surface area contributed by atoms with E-state index in [0.717, 1.165) is 67.4 Å². The van der Waals surface area contributed by atoms with Gasteiger partial charge in [-0.25, -0.2) is 4.98 Å². The molecule has 1 N–H and O–H groups in total. The van der Waals surface area contributed by atoms with Gasteiger partial charge in [0.25, 0.3) is 0 Å². The normalized spacial score (nSPS) is 14.5. The lowest BCUT2D eigenvalue weighted by molar-refractivity contribution is -0.143. The van der Waals surface area contributed by atoms with Crippen LogP contribution in [0.5, 0.6) is 0 Å². The molecule has 4 rings (SSSR count). The summed E-state index contributed by atoms with van der Waals surface area (Å²) in [6, 6.07) is 10.2. The van der Waals surface area contributed by atoms with Gasteiger partial charge in [0.2, 0.25) is 0 Å². The van der Waals surface area contributed by atoms with E-state index in [1.54, 1.807) is 6.92 Å². The van der Waals surface area contributed by atoms with Gasteiger partial charge in [-0.15, -0.1) is 0 Å². The number of morpholine rings is 1. The first kappa shape index (κ1) is 22.1. The molecule has 0 unspecified atom stereocenters. The van der Waals surface area contributed by atoms with Crippen LogP contribution in [0.15, 0.2) is 24.3 Å². The van der Waals surface area contributed by atoms with Crippen LogP contribution in [0, 0.1) is 18.3 Å². The van der Waals surface area contributed by atoms with Crippen LogP contribution in [0.25, 0.3) is 16.7 Å². The molecule has 8 nitrogen and oxygen atoms in total. The lowest BCUT2D eigenvalue weighted by Gasteiger charge is -2.27. The van der Waals surface area contributed by atoms with Crippen LogP contribution in [0.1, 0.15) is 30.0 Å². The smallest absolute Gasteiger partial charge is 0.306 e. The number of rotatable bonds is 8. The molecule has 168 valence electrons. The molecule has 0 bridgehead atoms. The fourth-order valence-electron chi connectivity index (χ4n) is 4.29. The predicted octanol–water partition coefficient (Wildman–Crippen LogP) is 2.91. The maximum absolute atomic E-state index is 12.1. The third-order valence-corrected chi connectivity index (χ3v) is 5.94. The molecule has 0 atom stereocenters. The highest BCUT2D eigenvalue weighted by Gasteiger charge is 2.21. The zero-order valence-electron chi connectivity index (χ0n) is 18.7. The monoisotopic (exact) mass is 435 g/mol. The van der Waals surface area contributed by atoms with Gasteiger partial charge < -0.3 is 14.8 Å². The number of pyridine rings is 1. The van der Waals surface area contributed by atoms with Crippen molar-refractivity contribution >= 4 is 28.5 Å². The number of carbonyl (C=O) groups excluding carboxylic acids is 1. The van der Waals surface area contributed by atoms with Crippen LogP contribution in [0.4, 0.5) is 5.82 Å². The fourth-order valence-corrected chi connectivity index (χ4v) is 4.29. The van der Waals surface area contributed by atoms with Gasteiger partial charge in [-0.1, -0.05) is 12.1 Å². The highest BCUT2D eigenvalue weighted by Crippen LogP contribution is 2.31. The van der Waals surface area contributed by atoms with Crippen LogP contribution in [-0.4, -0.2) is 66.3 Å². The molecule has 0 radical (unpaired) electrons. The fraction of sp³-hybridized carbons (Fsp3) is 0.458. The molecule has 3 heterocycles. The molecule has 0 amide bonds. The van der Waals surface area contributed by atoms with E-state index in [2.05, 4.69) is 16.3 Å². The first-order valence-corrected chi connectivity index (χ1v) is 11.2. The number of hydrogen-bond acceptors (Lipinski definition) is 7. The quantitative estimate of drug-likeness (QED) is 0.544. The lowest BCUT2D eigenvalue weighted by atomic mass is 10.00. The van der Waals surface area contributed by atoms with Crippen LogP contribution >= 0.6 is 0 Å². The average Bonchev–Trinajstić information content (AvgIpc) is 3.18. The van der Waals surface area contributed by atoms with E-state index in [0.29, 0.717) is 24.2 Å². The number of nitrogens with zero attached hydrogens (tertiary/aromatic N) is 4. The summed E-state index contributed by atoms with van der Waals surface area (Å²) in [7, 11) is 0. The minimum absolute atomic E-state index is 0.236. The van der Waals surface area contributed by atoms with E-state index in [9.17, 15) is 10.1 Å². The second kappa shape index (κ2) is 9.98. The standard InChI is InChI=1S/C24H29N5O3/c1-3-32-22(30)9-8-18-17(2)19(16-25)24-27-20-6-4-5-7-21(20)29(24)23(18)26-10-11-28-12-14-31-15-13-28/h4-7,26H,3,8-15H2,1-2H3. The minimum Gasteiger partial charge on any atom is -0.466 e. The predicted molar refractivity (Wildman–Crippen MR) is 123 cm³/mol. The van der Waals surface area contributed by atoms with Crippen molar-refractivity contribution in [1.29, 1.82) is 5.26 Å². The van der Waals surface area contributed by atoms with Crippen molar-refractivity contribution in [3.63, 3.8) is 0 Å². The first-order chi connectivity index (χ1) is 15.6. The van der Waals surface area contributed by atoms with E-state index in [1.807, 2.05) is 35.6 Å². The van der Waals surface area contributed by atoms with E-state index in [-0.39, 0.29) is 12.4 Å². The number of carbonyl (C=O) groups is 1. The molecule has 1 aliphatic heterocycles. The zero-order valence-corrected chi connectivity index (χ0v) is 18.7. The maximum Gasteiger partial charge on any atom is 0.306 e. The number of nitriles is 1. The van der Waals surface area contributed by atoms with Crippen molar-refractivity contribution in [2.45, 2.75) is 26.7 Å². The summed E-state index contributed by atoms with van der Waals surface area (Å²) in [5, 5.41) is 13.5. The lowest BCUT2D eigenvalue weighted by Crippen LogP contribution is -2.39. The van der Waals surface area contributed by atoms with Gasteiger partial charge in [0.05, 0.1) is 36.4 Å². The van der Waals surface area contributed by atoms with E-state index >= 15 is 0 Å². The van der Waals surface area contributed by atoms with Crippen molar-refractivity contribution in [3.8, 4) is 6.07 Å². The number of nitrogens with one attached hydrogen (secondary N) is 1. The summed E-state index contributed by atoms with van der Waals surface area (Å²) in [5.74, 6) is 0.656. The Morgan fingerprint density at radius 2 is 2.09 bits per heavy atom. The summed E-state index contributed by atoms with van der Waals surface area (Å²) in [6.07, 6.45) is 0.748. The number of aromatic nitrogens is 2. The Labute approximate surface area is 187 Å². The Kier molecular flexibility index (Phi) is 6.88. The molecule has 32 heavy (non-hydrogen) atoms. The van der Waals surface area contributed by atoms with Gasteiger partial charge >= 0.3 is 5.97 Å². The molecule has 3 aromatic rings. The molecular weight excluding hydrogens is 406 g/mol. The molecule has 1 saturated heterocycles. The number of imidazole rings is 1. The summed E-state index contributed by atoms with van der Waals surface area (Å²) in [5.41, 5.74) is 4.76. The number of hydrogen-bond donors (Lipinski definition) is 1. The molecule has 0 saturated carbocycles. The van der Waals surface area contributed by atoms with Crippen molar-refractivity contribution in [1.82, 2.24) is 14.3 Å². The number of ether oxygens (including phenoxy) is 2. The average molecular weight is 436 g/mol. The van der Waals surface area contributed by atoms with Gasteiger partial charge in [-0.05, 0) is 43.5 Å². The maximum atomic E-state index is 12.1. The summed E-state index contributed by atoms with van der Waals surface area (Å²) in [4.78, 5) is 19.2. The minimum atomic E-state index is -0.236. The molecule has 0 spiro atoms. The van der Waals surface area contributed by atoms with Crippen LogP contribution < -0.4 is 5.32 Å². The molecule has 1 fully saturated rings. The highest BCUT2D eigenvalue weighted by molar-refractivity contribution is 5.86. The summed E-state index contributed by atoms with van der Waals surface area (Å²) >= 11 is 0. The zero-order chi connectivity index (χ0) is 22.5. The van der Waals surface area contributed by atoms with Crippen molar-refractivity contribution < 1.29 is 14.3 Å². The van der Waals surface area contributed by atoms with Gasteiger partial charge in [0.15, 0.2) is 5.65 Å². The molecule has 1 aromatic carbocycles. The second-order valence-corrected chi connectivity index (χ2v) is 7.88. The number of esters is 1. The summed E-state index contributed by atoms with van der Waals surface area (Å²) < 4.78 is 12.6. The molecule has 2 aromatic heterocycles.